The van der Waals surface area contributed by atoms with Gasteiger partial charge in [0.05, 0.1) is 28.2 Å². The lowest BCUT2D eigenvalue weighted by atomic mass is 9.34. The molecular formula is C58H51BN2S. The molecule has 3 aliphatic rings. The number of fused-ring (bicyclic) bond motifs is 10. The van der Waals surface area contributed by atoms with E-state index in [2.05, 4.69) is 233 Å². The molecule has 3 aliphatic heterocycles. The van der Waals surface area contributed by atoms with Crippen LogP contribution in [0.3, 0.4) is 0 Å². The molecule has 0 unspecified atom stereocenters. The van der Waals surface area contributed by atoms with Gasteiger partial charge in [0.1, 0.15) is 0 Å². The van der Waals surface area contributed by atoms with Crippen LogP contribution in [-0.2, 0) is 5.41 Å². The van der Waals surface area contributed by atoms with Gasteiger partial charge in [-0.05, 0) is 111 Å². The van der Waals surface area contributed by atoms with Crippen molar-refractivity contribution in [3.8, 4) is 0 Å². The van der Waals surface area contributed by atoms with E-state index in [1.165, 1.54) is 93.6 Å². The van der Waals surface area contributed by atoms with Gasteiger partial charge in [0.2, 0.25) is 6.71 Å². The fourth-order valence-corrected chi connectivity index (χ4v) is 12.1. The van der Waals surface area contributed by atoms with Crippen molar-refractivity contribution in [2.45, 2.75) is 74.5 Å². The van der Waals surface area contributed by atoms with Gasteiger partial charge < -0.3 is 9.80 Å². The second kappa shape index (κ2) is 15.0. The molecule has 0 aromatic heterocycles. The van der Waals surface area contributed by atoms with E-state index in [9.17, 15) is 0 Å². The fraction of sp³-hybridized carbons (Fsp3) is 0.172. The SMILES string of the molecule is CC(C)c1cc(C(C)C)c(B2c3ccccc3Sc3cc(N4c5ccccc5C5(c6ccccc6N(c6ccccc6)c6ccccc65)c5ccccc54)ccc32)c(C(C)C)c1. The zero-order chi connectivity index (χ0) is 42.3. The first kappa shape index (κ1) is 38.7. The lowest BCUT2D eigenvalue weighted by molar-refractivity contribution is 0.718. The molecule has 2 nitrogen and oxygen atoms in total. The summed E-state index contributed by atoms with van der Waals surface area (Å²) in [5.74, 6) is 1.26. The van der Waals surface area contributed by atoms with E-state index in [4.69, 9.17) is 0 Å². The van der Waals surface area contributed by atoms with Crippen molar-refractivity contribution >= 4 is 69.0 Å². The Morgan fingerprint density at radius 3 is 1.34 bits per heavy atom. The molecule has 0 N–H and O–H groups in total. The lowest BCUT2D eigenvalue weighted by Gasteiger charge is -2.51. The van der Waals surface area contributed by atoms with Gasteiger partial charge in [-0.3, -0.25) is 0 Å². The molecule has 1 spiro atoms. The molecule has 8 aromatic rings. The Hall–Kier alpha value is -6.23. The van der Waals surface area contributed by atoms with E-state index < -0.39 is 5.41 Å². The van der Waals surface area contributed by atoms with Crippen molar-refractivity contribution in [1.29, 1.82) is 0 Å². The molecule has 62 heavy (non-hydrogen) atoms. The van der Waals surface area contributed by atoms with Crippen molar-refractivity contribution in [3.05, 3.63) is 221 Å². The minimum atomic E-state index is -0.558. The quantitative estimate of drug-likeness (QED) is 0.154. The van der Waals surface area contributed by atoms with E-state index in [1.807, 2.05) is 11.8 Å². The smallest absolute Gasteiger partial charge is 0.244 e. The molecule has 302 valence electrons. The zero-order valence-electron chi connectivity index (χ0n) is 36.4. The Balaban J connectivity index is 1.13. The number of hydrogen-bond acceptors (Lipinski definition) is 3. The molecule has 0 atom stereocenters. The third-order valence-electron chi connectivity index (χ3n) is 13.7. The van der Waals surface area contributed by atoms with E-state index >= 15 is 0 Å². The maximum absolute atomic E-state index is 2.54. The van der Waals surface area contributed by atoms with Crippen LogP contribution in [0.1, 0.15) is 98.2 Å². The van der Waals surface area contributed by atoms with Gasteiger partial charge in [0.15, 0.2) is 0 Å². The van der Waals surface area contributed by atoms with Gasteiger partial charge >= 0.3 is 0 Å². The molecule has 0 bridgehead atoms. The van der Waals surface area contributed by atoms with E-state index in [-0.39, 0.29) is 6.71 Å². The summed E-state index contributed by atoms with van der Waals surface area (Å²) in [5.41, 5.74) is 20.4. The molecule has 0 saturated heterocycles. The van der Waals surface area contributed by atoms with Crippen molar-refractivity contribution in [2.24, 2.45) is 0 Å². The third kappa shape index (κ3) is 5.72. The molecule has 3 heterocycles. The summed E-state index contributed by atoms with van der Waals surface area (Å²) in [5, 5.41) is 0. The Kier molecular flexibility index (Phi) is 9.36. The summed E-state index contributed by atoms with van der Waals surface area (Å²) in [6, 6.07) is 68.8. The van der Waals surface area contributed by atoms with Crippen molar-refractivity contribution < 1.29 is 0 Å². The summed E-state index contributed by atoms with van der Waals surface area (Å²) in [4.78, 5) is 7.66. The first-order valence-electron chi connectivity index (χ1n) is 22.4. The summed E-state index contributed by atoms with van der Waals surface area (Å²) >= 11 is 1.93. The summed E-state index contributed by atoms with van der Waals surface area (Å²) in [7, 11) is 0. The van der Waals surface area contributed by atoms with Gasteiger partial charge in [-0.25, -0.2) is 0 Å². The monoisotopic (exact) mass is 818 g/mol. The molecule has 4 heteroatoms. The first-order chi connectivity index (χ1) is 30.3. The maximum atomic E-state index is 2.54. The van der Waals surface area contributed by atoms with E-state index in [0.717, 1.165) is 5.69 Å². The number of nitrogens with zero attached hydrogens (tertiary/aromatic N) is 2. The highest BCUT2D eigenvalue weighted by Crippen LogP contribution is 2.64. The van der Waals surface area contributed by atoms with Gasteiger partial charge in [0, 0.05) is 21.2 Å². The van der Waals surface area contributed by atoms with Crippen LogP contribution in [0.2, 0.25) is 0 Å². The fourth-order valence-electron chi connectivity index (χ4n) is 10.9. The number of para-hydroxylation sites is 5. The minimum absolute atomic E-state index is 0.138. The van der Waals surface area contributed by atoms with Crippen LogP contribution in [0.25, 0.3) is 0 Å². The van der Waals surface area contributed by atoms with Crippen molar-refractivity contribution in [1.82, 2.24) is 0 Å². The molecular weight excluding hydrogens is 768 g/mol. The maximum Gasteiger partial charge on any atom is 0.244 e. The van der Waals surface area contributed by atoms with Gasteiger partial charge in [-0.15, -0.1) is 0 Å². The van der Waals surface area contributed by atoms with Crippen LogP contribution in [0.15, 0.2) is 192 Å². The Morgan fingerprint density at radius 1 is 0.403 bits per heavy atom. The Morgan fingerprint density at radius 2 is 0.839 bits per heavy atom. The highest BCUT2D eigenvalue weighted by molar-refractivity contribution is 8.00. The molecule has 0 radical (unpaired) electrons. The van der Waals surface area contributed by atoms with Crippen LogP contribution < -0.4 is 26.2 Å². The largest absolute Gasteiger partial charge is 0.310 e. The molecule has 8 aromatic carbocycles. The number of hydrogen-bond donors (Lipinski definition) is 0. The second-order valence-electron chi connectivity index (χ2n) is 18.2. The summed E-state index contributed by atoms with van der Waals surface area (Å²) < 4.78 is 0. The Bertz CT molecular complexity index is 2900. The number of anilines is 6. The molecule has 0 fully saturated rings. The van der Waals surface area contributed by atoms with Crippen LogP contribution in [0.5, 0.6) is 0 Å². The predicted molar refractivity (Wildman–Crippen MR) is 265 cm³/mol. The third-order valence-corrected chi connectivity index (χ3v) is 14.9. The second-order valence-corrected chi connectivity index (χ2v) is 19.3. The average molecular weight is 819 g/mol. The van der Waals surface area contributed by atoms with E-state index in [0.29, 0.717) is 17.8 Å². The number of rotatable bonds is 6. The molecule has 0 amide bonds. The van der Waals surface area contributed by atoms with Gasteiger partial charge in [0.25, 0.3) is 0 Å². The van der Waals surface area contributed by atoms with Crippen molar-refractivity contribution in [3.63, 3.8) is 0 Å². The topological polar surface area (TPSA) is 6.48 Å². The molecule has 0 saturated carbocycles. The number of benzene rings is 8. The zero-order valence-corrected chi connectivity index (χ0v) is 37.2. The van der Waals surface area contributed by atoms with Crippen LogP contribution in [-0.4, -0.2) is 6.71 Å². The minimum Gasteiger partial charge on any atom is -0.310 e. The predicted octanol–water partition coefficient (Wildman–Crippen LogP) is 14.0. The normalized spacial score (nSPS) is 14.4. The van der Waals surface area contributed by atoms with Crippen LogP contribution in [0, 0.1) is 0 Å². The Labute approximate surface area is 372 Å². The first-order valence-corrected chi connectivity index (χ1v) is 23.2. The summed E-state index contributed by atoms with van der Waals surface area (Å²) in [6.45, 7) is 14.3. The lowest BCUT2D eigenvalue weighted by Crippen LogP contribution is -2.57. The van der Waals surface area contributed by atoms with Crippen LogP contribution >= 0.6 is 11.8 Å². The summed E-state index contributed by atoms with van der Waals surface area (Å²) in [6.07, 6.45) is 0. The molecule has 0 aliphatic carbocycles. The standard InChI is InChI=1S/C58H51BN2S/c1-37(2)40-34-43(38(3)4)57(44(35-40)39(5)6)59-49-26-14-19-31-55(49)62-56-36-42(32-33-50(56)59)61-53-29-17-12-24-47(53)58(48-25-13-18-30-54(48)61)45-22-10-15-27-51(45)60(41-20-8-7-9-21-41)52-28-16-11-23-46(52)58/h7-39H,1-6H3. The van der Waals surface area contributed by atoms with Crippen LogP contribution in [0.4, 0.5) is 34.1 Å². The van der Waals surface area contributed by atoms with E-state index in [1.54, 1.807) is 0 Å². The highest BCUT2D eigenvalue weighted by atomic mass is 32.2. The molecule has 11 rings (SSSR count). The van der Waals surface area contributed by atoms with Gasteiger partial charge in [-0.1, -0.05) is 197 Å². The van der Waals surface area contributed by atoms with Gasteiger partial charge in [-0.2, -0.15) is 0 Å². The van der Waals surface area contributed by atoms with Crippen molar-refractivity contribution in [2.75, 3.05) is 9.80 Å². The average Bonchev–Trinajstić information content (AvgIpc) is 3.30. The highest BCUT2D eigenvalue weighted by Gasteiger charge is 2.51.